The molecule has 19 heavy (non-hydrogen) atoms. The third-order valence-corrected chi connectivity index (χ3v) is 3.79. The zero-order valence-electron chi connectivity index (χ0n) is 11.1. The van der Waals surface area contributed by atoms with E-state index in [9.17, 15) is 0 Å². The molecule has 0 amide bonds. The summed E-state index contributed by atoms with van der Waals surface area (Å²) in [6.45, 7) is 3.81. The van der Waals surface area contributed by atoms with Gasteiger partial charge in [-0.3, -0.25) is 0 Å². The molecule has 1 saturated carbocycles. The number of aromatic nitrogens is 2. The van der Waals surface area contributed by atoms with Crippen LogP contribution in [0.5, 0.6) is 0 Å². The van der Waals surface area contributed by atoms with Crippen molar-refractivity contribution in [2.75, 3.05) is 0 Å². The van der Waals surface area contributed by atoms with Crippen molar-refractivity contribution in [1.29, 1.82) is 0 Å². The first kappa shape index (κ1) is 12.7. The van der Waals surface area contributed by atoms with Crippen molar-refractivity contribution >= 4 is 11.6 Å². The molecule has 1 aromatic carbocycles. The number of hydrogen-bond acceptors (Lipinski definition) is 2. The van der Waals surface area contributed by atoms with E-state index in [0.717, 1.165) is 30.0 Å². The SMILES string of the molecule is Cc1ncc(CNC2CC2)n1Cc1ccc(Cl)cc1. The van der Waals surface area contributed by atoms with E-state index in [1.54, 1.807) is 0 Å². The normalized spacial score (nSPS) is 14.8. The van der Waals surface area contributed by atoms with Crippen molar-refractivity contribution in [2.24, 2.45) is 0 Å². The van der Waals surface area contributed by atoms with Gasteiger partial charge in [0.2, 0.25) is 0 Å². The Morgan fingerprint density at radius 1 is 1.32 bits per heavy atom. The van der Waals surface area contributed by atoms with Gasteiger partial charge >= 0.3 is 0 Å². The number of nitrogens with zero attached hydrogens (tertiary/aromatic N) is 2. The van der Waals surface area contributed by atoms with Gasteiger partial charge in [0, 0.05) is 30.4 Å². The van der Waals surface area contributed by atoms with Gasteiger partial charge in [-0.2, -0.15) is 0 Å². The second-order valence-electron chi connectivity index (χ2n) is 5.16. The van der Waals surface area contributed by atoms with Crippen LogP contribution in [0.3, 0.4) is 0 Å². The van der Waals surface area contributed by atoms with Crippen molar-refractivity contribution in [1.82, 2.24) is 14.9 Å². The fourth-order valence-corrected chi connectivity index (χ4v) is 2.31. The van der Waals surface area contributed by atoms with Crippen LogP contribution in [-0.2, 0) is 13.1 Å². The van der Waals surface area contributed by atoms with Gasteiger partial charge in [-0.25, -0.2) is 4.98 Å². The van der Waals surface area contributed by atoms with Gasteiger partial charge in [-0.15, -0.1) is 0 Å². The number of halogens is 1. The summed E-state index contributed by atoms with van der Waals surface area (Å²) in [5, 5.41) is 4.32. The van der Waals surface area contributed by atoms with Crippen LogP contribution in [-0.4, -0.2) is 15.6 Å². The van der Waals surface area contributed by atoms with Crippen LogP contribution in [0.4, 0.5) is 0 Å². The number of imidazole rings is 1. The van der Waals surface area contributed by atoms with Crippen LogP contribution < -0.4 is 5.32 Å². The summed E-state index contributed by atoms with van der Waals surface area (Å²) in [5.74, 6) is 1.06. The van der Waals surface area contributed by atoms with Crippen molar-refractivity contribution in [3.05, 3.63) is 52.6 Å². The molecule has 0 radical (unpaired) electrons. The van der Waals surface area contributed by atoms with Crippen LogP contribution in [0.2, 0.25) is 5.02 Å². The largest absolute Gasteiger partial charge is 0.327 e. The number of benzene rings is 1. The van der Waals surface area contributed by atoms with Crippen LogP contribution >= 0.6 is 11.6 Å². The van der Waals surface area contributed by atoms with Crippen LogP contribution in [0, 0.1) is 6.92 Å². The monoisotopic (exact) mass is 275 g/mol. The Morgan fingerprint density at radius 2 is 2.05 bits per heavy atom. The van der Waals surface area contributed by atoms with Crippen molar-refractivity contribution in [3.63, 3.8) is 0 Å². The first-order valence-electron chi connectivity index (χ1n) is 6.71. The second-order valence-corrected chi connectivity index (χ2v) is 5.60. The fraction of sp³-hybridized carbons (Fsp3) is 0.400. The number of aryl methyl sites for hydroxylation is 1. The van der Waals surface area contributed by atoms with E-state index in [0.29, 0.717) is 0 Å². The summed E-state index contributed by atoms with van der Waals surface area (Å²) in [5.41, 5.74) is 2.50. The molecule has 1 aliphatic rings. The Bertz CT molecular complexity index is 555. The quantitative estimate of drug-likeness (QED) is 0.908. The standard InChI is InChI=1S/C15H18ClN3/c1-11-17-8-15(9-18-14-6-7-14)19(11)10-12-2-4-13(16)5-3-12/h2-5,8,14,18H,6-7,9-10H2,1H3. The van der Waals surface area contributed by atoms with E-state index < -0.39 is 0 Å². The Hall–Kier alpha value is -1.32. The smallest absolute Gasteiger partial charge is 0.106 e. The second kappa shape index (κ2) is 5.35. The molecule has 1 N–H and O–H groups in total. The average molecular weight is 276 g/mol. The average Bonchev–Trinajstić information content (AvgIpc) is 3.17. The Kier molecular flexibility index (Phi) is 3.58. The Balaban J connectivity index is 1.74. The predicted molar refractivity (Wildman–Crippen MR) is 77.4 cm³/mol. The highest BCUT2D eigenvalue weighted by Crippen LogP contribution is 2.20. The van der Waals surface area contributed by atoms with Gasteiger partial charge in [0.05, 0.1) is 5.69 Å². The summed E-state index contributed by atoms with van der Waals surface area (Å²) in [4.78, 5) is 4.43. The first-order chi connectivity index (χ1) is 9.22. The van der Waals surface area contributed by atoms with Gasteiger partial charge in [0.25, 0.3) is 0 Å². The zero-order valence-corrected chi connectivity index (χ0v) is 11.8. The number of hydrogen-bond donors (Lipinski definition) is 1. The third kappa shape index (κ3) is 3.17. The molecule has 0 aliphatic heterocycles. The fourth-order valence-electron chi connectivity index (χ4n) is 2.18. The van der Waals surface area contributed by atoms with Gasteiger partial charge in [0.1, 0.15) is 5.82 Å². The molecular weight excluding hydrogens is 258 g/mol. The molecule has 1 aromatic heterocycles. The predicted octanol–water partition coefficient (Wildman–Crippen LogP) is 3.15. The molecule has 0 atom stereocenters. The highest BCUT2D eigenvalue weighted by molar-refractivity contribution is 6.30. The summed E-state index contributed by atoms with van der Waals surface area (Å²) in [6, 6.07) is 8.73. The topological polar surface area (TPSA) is 29.9 Å². The molecule has 0 bridgehead atoms. The molecule has 100 valence electrons. The molecule has 1 heterocycles. The Labute approximate surface area is 118 Å². The number of nitrogens with one attached hydrogen (secondary N) is 1. The van der Waals surface area contributed by atoms with E-state index in [-0.39, 0.29) is 0 Å². The highest BCUT2D eigenvalue weighted by Gasteiger charge is 2.20. The lowest BCUT2D eigenvalue weighted by atomic mass is 10.2. The Morgan fingerprint density at radius 3 is 2.74 bits per heavy atom. The van der Waals surface area contributed by atoms with Gasteiger partial charge in [0.15, 0.2) is 0 Å². The molecule has 4 heteroatoms. The third-order valence-electron chi connectivity index (χ3n) is 3.54. The first-order valence-corrected chi connectivity index (χ1v) is 7.09. The minimum atomic E-state index is 0.721. The molecule has 1 aliphatic carbocycles. The van der Waals surface area contributed by atoms with Crippen LogP contribution in [0.1, 0.15) is 29.9 Å². The van der Waals surface area contributed by atoms with Crippen molar-refractivity contribution < 1.29 is 0 Å². The lowest BCUT2D eigenvalue weighted by molar-refractivity contribution is 0.627. The van der Waals surface area contributed by atoms with E-state index in [1.807, 2.05) is 18.3 Å². The van der Waals surface area contributed by atoms with Crippen LogP contribution in [0.15, 0.2) is 30.5 Å². The maximum Gasteiger partial charge on any atom is 0.106 e. The maximum atomic E-state index is 5.92. The molecule has 3 rings (SSSR count). The molecule has 0 saturated heterocycles. The summed E-state index contributed by atoms with van der Waals surface area (Å²) < 4.78 is 2.26. The maximum absolute atomic E-state index is 5.92. The lowest BCUT2D eigenvalue weighted by Gasteiger charge is -2.11. The highest BCUT2D eigenvalue weighted by atomic mass is 35.5. The molecule has 2 aromatic rings. The number of rotatable bonds is 5. The molecule has 0 spiro atoms. The van der Waals surface area contributed by atoms with Crippen LogP contribution in [0.25, 0.3) is 0 Å². The molecule has 3 nitrogen and oxygen atoms in total. The minimum absolute atomic E-state index is 0.721. The molecule has 1 fully saturated rings. The van der Waals surface area contributed by atoms with Gasteiger partial charge < -0.3 is 9.88 Å². The van der Waals surface area contributed by atoms with Gasteiger partial charge in [-0.1, -0.05) is 23.7 Å². The van der Waals surface area contributed by atoms with E-state index in [4.69, 9.17) is 11.6 Å². The van der Waals surface area contributed by atoms with E-state index >= 15 is 0 Å². The molecular formula is C15H18ClN3. The van der Waals surface area contributed by atoms with E-state index in [1.165, 1.54) is 24.1 Å². The van der Waals surface area contributed by atoms with E-state index in [2.05, 4.69) is 33.9 Å². The van der Waals surface area contributed by atoms with Crippen molar-refractivity contribution in [2.45, 2.75) is 38.9 Å². The summed E-state index contributed by atoms with van der Waals surface area (Å²) in [6.07, 6.45) is 4.59. The minimum Gasteiger partial charge on any atom is -0.327 e. The summed E-state index contributed by atoms with van der Waals surface area (Å²) in [7, 11) is 0. The summed E-state index contributed by atoms with van der Waals surface area (Å²) >= 11 is 5.92. The molecule has 0 unspecified atom stereocenters. The van der Waals surface area contributed by atoms with Crippen molar-refractivity contribution in [3.8, 4) is 0 Å². The lowest BCUT2D eigenvalue weighted by Crippen LogP contribution is -2.18. The zero-order chi connectivity index (χ0) is 13.2. The van der Waals surface area contributed by atoms with Gasteiger partial charge in [-0.05, 0) is 37.5 Å².